The third-order valence-corrected chi connectivity index (χ3v) is 2.66. The number of carbonyl (C=O) groups excluding carboxylic acids is 2. The van der Waals surface area contributed by atoms with E-state index >= 15 is 0 Å². The number of nitrogens with two attached hydrogens (primary N) is 1. The van der Waals surface area contributed by atoms with Crippen molar-refractivity contribution in [2.75, 3.05) is 19.3 Å². The standard InChI is InChI=1S/C13H18ClN3O2/c1-8(2)16-12(18)7-17(3)13(19)10-5-4-9(14)6-11(10)15/h4-6,8H,7,15H2,1-3H3,(H,16,18). The first kappa shape index (κ1) is 15.3. The Morgan fingerprint density at radius 1 is 1.42 bits per heavy atom. The van der Waals surface area contributed by atoms with Gasteiger partial charge >= 0.3 is 0 Å². The van der Waals surface area contributed by atoms with E-state index in [1.165, 1.54) is 11.0 Å². The van der Waals surface area contributed by atoms with Crippen molar-refractivity contribution in [2.24, 2.45) is 0 Å². The molecule has 3 N–H and O–H groups in total. The van der Waals surface area contributed by atoms with E-state index < -0.39 is 0 Å². The minimum absolute atomic E-state index is 0.0148. The van der Waals surface area contributed by atoms with Gasteiger partial charge in [0.1, 0.15) is 0 Å². The lowest BCUT2D eigenvalue weighted by molar-refractivity contribution is -0.122. The number of nitrogens with zero attached hydrogens (tertiary/aromatic N) is 1. The van der Waals surface area contributed by atoms with Gasteiger partial charge in [-0.25, -0.2) is 0 Å². The molecule has 19 heavy (non-hydrogen) atoms. The number of halogens is 1. The number of nitrogens with one attached hydrogen (secondary N) is 1. The number of likely N-dealkylation sites (N-methyl/N-ethyl adjacent to an activating group) is 1. The van der Waals surface area contributed by atoms with Crippen LogP contribution in [-0.4, -0.2) is 36.3 Å². The Morgan fingerprint density at radius 3 is 2.58 bits per heavy atom. The first-order chi connectivity index (χ1) is 8.81. The zero-order chi connectivity index (χ0) is 14.6. The summed E-state index contributed by atoms with van der Waals surface area (Å²) in [5, 5.41) is 3.19. The van der Waals surface area contributed by atoms with Crippen molar-refractivity contribution in [2.45, 2.75) is 19.9 Å². The van der Waals surface area contributed by atoms with E-state index in [0.29, 0.717) is 16.3 Å². The molecule has 0 fully saturated rings. The first-order valence-corrected chi connectivity index (χ1v) is 6.29. The molecule has 0 radical (unpaired) electrons. The van der Waals surface area contributed by atoms with Crippen LogP contribution in [0.2, 0.25) is 5.02 Å². The highest BCUT2D eigenvalue weighted by Gasteiger charge is 2.17. The summed E-state index contributed by atoms with van der Waals surface area (Å²) in [7, 11) is 1.55. The van der Waals surface area contributed by atoms with E-state index in [0.717, 1.165) is 0 Å². The monoisotopic (exact) mass is 283 g/mol. The number of benzene rings is 1. The van der Waals surface area contributed by atoms with Crippen molar-refractivity contribution < 1.29 is 9.59 Å². The number of carbonyl (C=O) groups is 2. The van der Waals surface area contributed by atoms with Crippen molar-refractivity contribution in [1.82, 2.24) is 10.2 Å². The Hall–Kier alpha value is -1.75. The summed E-state index contributed by atoms with van der Waals surface area (Å²) in [4.78, 5) is 25.0. The van der Waals surface area contributed by atoms with Crippen LogP contribution in [0.25, 0.3) is 0 Å². The van der Waals surface area contributed by atoms with Crippen molar-refractivity contribution >= 4 is 29.1 Å². The highest BCUT2D eigenvalue weighted by atomic mass is 35.5. The van der Waals surface area contributed by atoms with Crippen LogP contribution in [0.4, 0.5) is 5.69 Å². The van der Waals surface area contributed by atoms with E-state index in [2.05, 4.69) is 5.32 Å². The molecule has 0 saturated carbocycles. The molecule has 6 heteroatoms. The van der Waals surface area contributed by atoms with E-state index in [4.69, 9.17) is 17.3 Å². The van der Waals surface area contributed by atoms with Gasteiger partial charge in [0, 0.05) is 23.8 Å². The second kappa shape index (κ2) is 6.43. The maximum Gasteiger partial charge on any atom is 0.256 e. The number of anilines is 1. The zero-order valence-electron chi connectivity index (χ0n) is 11.2. The molecule has 0 bridgehead atoms. The first-order valence-electron chi connectivity index (χ1n) is 5.91. The van der Waals surface area contributed by atoms with Crippen molar-refractivity contribution in [3.8, 4) is 0 Å². The number of amides is 2. The van der Waals surface area contributed by atoms with E-state index in [1.54, 1.807) is 19.2 Å². The van der Waals surface area contributed by atoms with Crippen molar-refractivity contribution in [1.29, 1.82) is 0 Å². The summed E-state index contributed by atoms with van der Waals surface area (Å²) in [6.07, 6.45) is 0. The largest absolute Gasteiger partial charge is 0.398 e. The van der Waals surface area contributed by atoms with Gasteiger partial charge in [0.15, 0.2) is 0 Å². The van der Waals surface area contributed by atoms with Gasteiger partial charge < -0.3 is 16.0 Å². The van der Waals surface area contributed by atoms with Gasteiger partial charge in [-0.1, -0.05) is 11.6 Å². The fraction of sp³-hybridized carbons (Fsp3) is 0.385. The maximum absolute atomic E-state index is 12.1. The van der Waals surface area contributed by atoms with Crippen LogP contribution in [0.3, 0.4) is 0 Å². The molecule has 0 atom stereocenters. The third kappa shape index (κ3) is 4.44. The number of rotatable bonds is 4. The fourth-order valence-electron chi connectivity index (χ4n) is 1.59. The Bertz CT molecular complexity index is 489. The fourth-order valence-corrected chi connectivity index (χ4v) is 1.77. The second-order valence-electron chi connectivity index (χ2n) is 4.62. The Morgan fingerprint density at radius 2 is 2.05 bits per heavy atom. The lowest BCUT2D eigenvalue weighted by Crippen LogP contribution is -2.41. The third-order valence-electron chi connectivity index (χ3n) is 2.42. The molecule has 104 valence electrons. The van der Waals surface area contributed by atoms with Crippen LogP contribution < -0.4 is 11.1 Å². The van der Waals surface area contributed by atoms with Crippen LogP contribution in [0, 0.1) is 0 Å². The normalized spacial score (nSPS) is 10.4. The molecule has 5 nitrogen and oxygen atoms in total. The molecule has 1 rings (SSSR count). The van der Waals surface area contributed by atoms with Crippen molar-refractivity contribution in [3.05, 3.63) is 28.8 Å². The molecule has 0 saturated heterocycles. The zero-order valence-corrected chi connectivity index (χ0v) is 12.0. The molecule has 1 aromatic rings. The number of nitrogen functional groups attached to an aromatic ring is 1. The van der Waals surface area contributed by atoms with Gasteiger partial charge in [0.05, 0.1) is 12.1 Å². The second-order valence-corrected chi connectivity index (χ2v) is 5.05. The van der Waals surface area contributed by atoms with Gasteiger partial charge in [0.25, 0.3) is 5.91 Å². The molecule has 0 aliphatic carbocycles. The van der Waals surface area contributed by atoms with Gasteiger partial charge in [-0.3, -0.25) is 9.59 Å². The minimum atomic E-state index is -0.312. The molecule has 0 spiro atoms. The van der Waals surface area contributed by atoms with Crippen LogP contribution in [0.15, 0.2) is 18.2 Å². The van der Waals surface area contributed by atoms with E-state index in [9.17, 15) is 9.59 Å². The topological polar surface area (TPSA) is 75.4 Å². The summed E-state index contributed by atoms with van der Waals surface area (Å²) < 4.78 is 0. The maximum atomic E-state index is 12.1. The molecule has 2 amide bonds. The summed E-state index contributed by atoms with van der Waals surface area (Å²) in [6, 6.07) is 4.69. The number of hydrogen-bond donors (Lipinski definition) is 2. The van der Waals surface area contributed by atoms with E-state index in [1.807, 2.05) is 13.8 Å². The van der Waals surface area contributed by atoms with Crippen LogP contribution >= 0.6 is 11.6 Å². The molecule has 0 unspecified atom stereocenters. The Kier molecular flexibility index (Phi) is 5.18. The average Bonchev–Trinajstić information content (AvgIpc) is 2.26. The molecule has 1 aromatic carbocycles. The SMILES string of the molecule is CC(C)NC(=O)CN(C)C(=O)c1ccc(Cl)cc1N. The lowest BCUT2D eigenvalue weighted by Gasteiger charge is -2.18. The lowest BCUT2D eigenvalue weighted by atomic mass is 10.1. The summed E-state index contributed by atoms with van der Waals surface area (Å²) >= 11 is 5.77. The van der Waals surface area contributed by atoms with Gasteiger partial charge in [0.2, 0.25) is 5.91 Å². The smallest absolute Gasteiger partial charge is 0.256 e. The molecular formula is C13H18ClN3O2. The Labute approximate surface area is 117 Å². The predicted molar refractivity (Wildman–Crippen MR) is 76.1 cm³/mol. The quantitative estimate of drug-likeness (QED) is 0.823. The summed E-state index contributed by atoms with van der Waals surface area (Å²) in [5.41, 5.74) is 6.38. The molecule has 0 aliphatic heterocycles. The molecule has 0 aromatic heterocycles. The van der Waals surface area contributed by atoms with Gasteiger partial charge in [-0.05, 0) is 32.0 Å². The van der Waals surface area contributed by atoms with Crippen molar-refractivity contribution in [3.63, 3.8) is 0 Å². The average molecular weight is 284 g/mol. The van der Waals surface area contributed by atoms with Gasteiger partial charge in [-0.2, -0.15) is 0 Å². The van der Waals surface area contributed by atoms with Crippen LogP contribution in [0.1, 0.15) is 24.2 Å². The highest BCUT2D eigenvalue weighted by molar-refractivity contribution is 6.31. The number of hydrogen-bond acceptors (Lipinski definition) is 3. The van der Waals surface area contributed by atoms with Crippen LogP contribution in [0.5, 0.6) is 0 Å². The van der Waals surface area contributed by atoms with Crippen LogP contribution in [-0.2, 0) is 4.79 Å². The molecule has 0 heterocycles. The Balaban J connectivity index is 2.74. The summed E-state index contributed by atoms with van der Waals surface area (Å²) in [6.45, 7) is 3.70. The van der Waals surface area contributed by atoms with Gasteiger partial charge in [-0.15, -0.1) is 0 Å². The summed E-state index contributed by atoms with van der Waals surface area (Å²) in [5.74, 6) is -0.522. The molecule has 0 aliphatic rings. The highest BCUT2D eigenvalue weighted by Crippen LogP contribution is 2.19. The predicted octanol–water partition coefficient (Wildman–Crippen LogP) is 1.52. The van der Waals surface area contributed by atoms with E-state index in [-0.39, 0.29) is 24.4 Å². The molecular weight excluding hydrogens is 266 g/mol. The minimum Gasteiger partial charge on any atom is -0.398 e.